The molecular formula is C13H21N3O. The van der Waals surface area contributed by atoms with E-state index in [1.54, 1.807) is 12.4 Å². The first-order chi connectivity index (χ1) is 8.22. The Kier molecular flexibility index (Phi) is 3.97. The maximum Gasteiger partial charge on any atom is 0.0717 e. The Morgan fingerprint density at radius 2 is 2.35 bits per heavy atom. The van der Waals surface area contributed by atoms with Crippen LogP contribution in [0.3, 0.4) is 0 Å². The lowest BCUT2D eigenvalue weighted by atomic mass is 10.1. The van der Waals surface area contributed by atoms with Gasteiger partial charge >= 0.3 is 0 Å². The van der Waals surface area contributed by atoms with Crippen molar-refractivity contribution in [3.8, 4) is 0 Å². The topological polar surface area (TPSA) is 39.6 Å². The minimum atomic E-state index is 0.0638. The van der Waals surface area contributed by atoms with Crippen molar-refractivity contribution in [1.29, 1.82) is 0 Å². The van der Waals surface area contributed by atoms with Crippen LogP contribution in [-0.2, 0) is 6.61 Å². The molecule has 2 heterocycles. The van der Waals surface area contributed by atoms with Crippen molar-refractivity contribution >= 4 is 5.69 Å². The van der Waals surface area contributed by atoms with Gasteiger partial charge in [-0.25, -0.2) is 0 Å². The zero-order chi connectivity index (χ0) is 12.3. The van der Waals surface area contributed by atoms with E-state index in [0.29, 0.717) is 6.04 Å². The number of aromatic nitrogens is 1. The monoisotopic (exact) mass is 235 g/mol. The van der Waals surface area contributed by atoms with Gasteiger partial charge in [0.15, 0.2) is 0 Å². The van der Waals surface area contributed by atoms with E-state index in [-0.39, 0.29) is 6.61 Å². The molecule has 1 aliphatic rings. The fraction of sp³-hybridized carbons (Fsp3) is 0.615. The van der Waals surface area contributed by atoms with Crippen LogP contribution in [0.1, 0.15) is 18.4 Å². The summed E-state index contributed by atoms with van der Waals surface area (Å²) in [5.74, 6) is 0. The van der Waals surface area contributed by atoms with Crippen LogP contribution in [0.5, 0.6) is 0 Å². The van der Waals surface area contributed by atoms with Crippen LogP contribution in [0, 0.1) is 0 Å². The second kappa shape index (κ2) is 5.47. The first-order valence-electron chi connectivity index (χ1n) is 6.17. The molecule has 0 saturated carbocycles. The molecule has 4 nitrogen and oxygen atoms in total. The first kappa shape index (κ1) is 12.3. The molecule has 0 aromatic carbocycles. The summed E-state index contributed by atoms with van der Waals surface area (Å²) in [6.45, 7) is 2.21. The molecule has 0 amide bonds. The van der Waals surface area contributed by atoms with Crippen molar-refractivity contribution in [2.24, 2.45) is 0 Å². The SMILES string of the molecule is CN(C)CC1CCCN1c1ccncc1CO. The van der Waals surface area contributed by atoms with E-state index >= 15 is 0 Å². The van der Waals surface area contributed by atoms with Gasteiger partial charge in [-0.3, -0.25) is 4.98 Å². The second-order valence-corrected chi connectivity index (χ2v) is 4.91. The van der Waals surface area contributed by atoms with Gasteiger partial charge in [0.25, 0.3) is 0 Å². The van der Waals surface area contributed by atoms with E-state index in [0.717, 1.165) is 24.3 Å². The zero-order valence-corrected chi connectivity index (χ0v) is 10.6. The van der Waals surface area contributed by atoms with Gasteiger partial charge in [-0.1, -0.05) is 0 Å². The molecule has 1 aliphatic heterocycles. The zero-order valence-electron chi connectivity index (χ0n) is 10.6. The summed E-state index contributed by atoms with van der Waals surface area (Å²) in [5, 5.41) is 9.37. The Morgan fingerprint density at radius 1 is 1.53 bits per heavy atom. The lowest BCUT2D eigenvalue weighted by molar-refractivity contribution is 0.281. The van der Waals surface area contributed by atoms with Gasteiger partial charge in [0.1, 0.15) is 0 Å². The van der Waals surface area contributed by atoms with Gasteiger partial charge in [-0.05, 0) is 33.0 Å². The first-order valence-corrected chi connectivity index (χ1v) is 6.17. The Bertz CT molecular complexity index is 367. The predicted octanol–water partition coefficient (Wildman–Crippen LogP) is 1.10. The minimum absolute atomic E-state index is 0.0638. The highest BCUT2D eigenvalue weighted by atomic mass is 16.3. The van der Waals surface area contributed by atoms with Crippen molar-refractivity contribution in [1.82, 2.24) is 9.88 Å². The fourth-order valence-corrected chi connectivity index (χ4v) is 2.59. The van der Waals surface area contributed by atoms with E-state index < -0.39 is 0 Å². The Balaban J connectivity index is 2.19. The molecule has 1 fully saturated rings. The van der Waals surface area contributed by atoms with E-state index in [1.165, 1.54) is 12.8 Å². The van der Waals surface area contributed by atoms with Crippen LogP contribution >= 0.6 is 0 Å². The predicted molar refractivity (Wildman–Crippen MR) is 69.1 cm³/mol. The fourth-order valence-electron chi connectivity index (χ4n) is 2.59. The summed E-state index contributed by atoms with van der Waals surface area (Å²) < 4.78 is 0. The van der Waals surface area contributed by atoms with Gasteiger partial charge in [0, 0.05) is 42.8 Å². The number of anilines is 1. The van der Waals surface area contributed by atoms with Crippen molar-refractivity contribution < 1.29 is 5.11 Å². The number of aliphatic hydroxyl groups is 1. The van der Waals surface area contributed by atoms with E-state index in [4.69, 9.17) is 0 Å². The van der Waals surface area contributed by atoms with Crippen LogP contribution in [0.4, 0.5) is 5.69 Å². The van der Waals surface area contributed by atoms with Crippen molar-refractivity contribution in [2.45, 2.75) is 25.5 Å². The minimum Gasteiger partial charge on any atom is -0.392 e. The van der Waals surface area contributed by atoms with Crippen LogP contribution in [0.25, 0.3) is 0 Å². The summed E-state index contributed by atoms with van der Waals surface area (Å²) in [6, 6.07) is 2.57. The molecule has 4 heteroatoms. The third kappa shape index (κ3) is 2.76. The lowest BCUT2D eigenvalue weighted by Crippen LogP contribution is -2.38. The molecular weight excluding hydrogens is 214 g/mol. The number of hydrogen-bond donors (Lipinski definition) is 1. The molecule has 0 radical (unpaired) electrons. The summed E-state index contributed by atoms with van der Waals surface area (Å²) in [7, 11) is 4.21. The van der Waals surface area contributed by atoms with E-state index in [9.17, 15) is 5.11 Å². The van der Waals surface area contributed by atoms with Crippen molar-refractivity contribution in [2.75, 3.05) is 32.1 Å². The number of hydrogen-bond acceptors (Lipinski definition) is 4. The summed E-state index contributed by atoms with van der Waals surface area (Å²) >= 11 is 0. The van der Waals surface area contributed by atoms with Crippen LogP contribution < -0.4 is 4.90 Å². The van der Waals surface area contributed by atoms with Gasteiger partial charge in [-0.2, -0.15) is 0 Å². The quantitative estimate of drug-likeness (QED) is 0.848. The maximum atomic E-state index is 9.37. The molecule has 1 unspecified atom stereocenters. The Hall–Kier alpha value is -1.13. The number of rotatable bonds is 4. The van der Waals surface area contributed by atoms with Crippen molar-refractivity contribution in [3.05, 3.63) is 24.0 Å². The molecule has 1 saturated heterocycles. The van der Waals surface area contributed by atoms with Crippen molar-refractivity contribution in [3.63, 3.8) is 0 Å². The average Bonchev–Trinajstić information content (AvgIpc) is 2.76. The molecule has 1 aromatic heterocycles. The molecule has 2 rings (SSSR count). The molecule has 1 atom stereocenters. The highest BCUT2D eigenvalue weighted by Crippen LogP contribution is 2.28. The smallest absolute Gasteiger partial charge is 0.0717 e. The molecule has 1 N–H and O–H groups in total. The van der Waals surface area contributed by atoms with Gasteiger partial charge in [0.05, 0.1) is 6.61 Å². The van der Waals surface area contributed by atoms with E-state index in [1.807, 2.05) is 6.07 Å². The maximum absolute atomic E-state index is 9.37. The van der Waals surface area contributed by atoms with Crippen LogP contribution in [0.2, 0.25) is 0 Å². The van der Waals surface area contributed by atoms with Gasteiger partial charge in [-0.15, -0.1) is 0 Å². The number of aliphatic hydroxyl groups excluding tert-OH is 1. The third-order valence-corrected chi connectivity index (χ3v) is 3.31. The van der Waals surface area contributed by atoms with E-state index in [2.05, 4.69) is 28.9 Å². The van der Waals surface area contributed by atoms with Crippen LogP contribution in [0.15, 0.2) is 18.5 Å². The Labute approximate surface area is 103 Å². The number of nitrogens with zero attached hydrogens (tertiary/aromatic N) is 3. The van der Waals surface area contributed by atoms with Crippen LogP contribution in [-0.4, -0.2) is 48.2 Å². The third-order valence-electron chi connectivity index (χ3n) is 3.31. The standard InChI is InChI=1S/C13H21N3O/c1-15(2)9-12-4-3-7-16(12)13-5-6-14-8-11(13)10-17/h5-6,8,12,17H,3-4,7,9-10H2,1-2H3. The molecule has 0 aliphatic carbocycles. The lowest BCUT2D eigenvalue weighted by Gasteiger charge is -2.30. The molecule has 0 spiro atoms. The van der Waals surface area contributed by atoms with Gasteiger partial charge < -0.3 is 14.9 Å². The molecule has 0 bridgehead atoms. The second-order valence-electron chi connectivity index (χ2n) is 4.91. The summed E-state index contributed by atoms with van der Waals surface area (Å²) in [4.78, 5) is 8.71. The average molecular weight is 235 g/mol. The summed E-state index contributed by atoms with van der Waals surface area (Å²) in [5.41, 5.74) is 2.07. The summed E-state index contributed by atoms with van der Waals surface area (Å²) in [6.07, 6.45) is 6.02. The highest BCUT2D eigenvalue weighted by molar-refractivity contribution is 5.53. The van der Waals surface area contributed by atoms with Gasteiger partial charge in [0.2, 0.25) is 0 Å². The Morgan fingerprint density at radius 3 is 3.06 bits per heavy atom. The number of likely N-dealkylation sites (N-methyl/N-ethyl adjacent to an activating group) is 1. The highest BCUT2D eigenvalue weighted by Gasteiger charge is 2.26. The normalized spacial score (nSPS) is 20.2. The number of pyridine rings is 1. The largest absolute Gasteiger partial charge is 0.392 e. The molecule has 17 heavy (non-hydrogen) atoms. The molecule has 94 valence electrons. The molecule has 1 aromatic rings.